The minimum atomic E-state index is 0.195. The summed E-state index contributed by atoms with van der Waals surface area (Å²) < 4.78 is 11.5. The van der Waals surface area contributed by atoms with Crippen LogP contribution in [0.3, 0.4) is 0 Å². The zero-order valence-electron chi connectivity index (χ0n) is 13.3. The lowest BCUT2D eigenvalue weighted by atomic mass is 10.1. The Kier molecular flexibility index (Phi) is 5.37. The molecule has 1 aliphatic rings. The molecule has 1 aliphatic heterocycles. The third-order valence-electron chi connectivity index (χ3n) is 4.00. The number of hydrogen-bond acceptors (Lipinski definition) is 4. The summed E-state index contributed by atoms with van der Waals surface area (Å²) in [6.07, 6.45) is 3.97. The molecule has 0 aliphatic carbocycles. The summed E-state index contributed by atoms with van der Waals surface area (Å²) in [5.41, 5.74) is 0. The normalized spacial score (nSPS) is 15.3. The highest BCUT2D eigenvalue weighted by molar-refractivity contribution is 5.38. The van der Waals surface area contributed by atoms with E-state index in [4.69, 9.17) is 9.47 Å². The lowest BCUT2D eigenvalue weighted by Gasteiger charge is -2.26. The molecule has 2 aromatic rings. The number of phenolic OH excluding ortho intramolecular Hbond substituents is 1. The lowest BCUT2D eigenvalue weighted by molar-refractivity contribution is 0.183. The number of piperidine rings is 1. The highest BCUT2D eigenvalue weighted by atomic mass is 16.5. The molecule has 0 radical (unpaired) electrons. The molecule has 0 amide bonds. The molecule has 1 heterocycles. The first-order valence-electron chi connectivity index (χ1n) is 8.22. The topological polar surface area (TPSA) is 41.9 Å². The summed E-state index contributed by atoms with van der Waals surface area (Å²) >= 11 is 0. The molecule has 0 aromatic heterocycles. The van der Waals surface area contributed by atoms with Crippen LogP contribution in [0.4, 0.5) is 0 Å². The Morgan fingerprint density at radius 1 is 0.870 bits per heavy atom. The molecule has 23 heavy (non-hydrogen) atoms. The SMILES string of the molecule is Oc1cccc(Oc2ccc(OCCN3CCCCC3)cc2)c1. The van der Waals surface area contributed by atoms with E-state index in [1.54, 1.807) is 18.2 Å². The van der Waals surface area contributed by atoms with Gasteiger partial charge in [-0.05, 0) is 62.3 Å². The predicted octanol–water partition coefficient (Wildman–Crippen LogP) is 4.05. The molecular weight excluding hydrogens is 290 g/mol. The van der Waals surface area contributed by atoms with E-state index in [1.807, 2.05) is 30.3 Å². The fraction of sp³-hybridized carbons (Fsp3) is 0.368. The van der Waals surface area contributed by atoms with Crippen LogP contribution in [0.1, 0.15) is 19.3 Å². The zero-order chi connectivity index (χ0) is 15.9. The van der Waals surface area contributed by atoms with Gasteiger partial charge in [0.15, 0.2) is 0 Å². The monoisotopic (exact) mass is 313 g/mol. The maximum absolute atomic E-state index is 9.44. The van der Waals surface area contributed by atoms with Crippen molar-refractivity contribution in [1.29, 1.82) is 0 Å². The van der Waals surface area contributed by atoms with Gasteiger partial charge in [0, 0.05) is 12.6 Å². The summed E-state index contributed by atoms with van der Waals surface area (Å²) in [6, 6.07) is 14.3. The average Bonchev–Trinajstić information content (AvgIpc) is 2.58. The van der Waals surface area contributed by atoms with Gasteiger partial charge in [0.25, 0.3) is 0 Å². The first-order valence-corrected chi connectivity index (χ1v) is 8.22. The maximum Gasteiger partial charge on any atom is 0.131 e. The van der Waals surface area contributed by atoms with Gasteiger partial charge in [-0.15, -0.1) is 0 Å². The van der Waals surface area contributed by atoms with Gasteiger partial charge in [0.05, 0.1) is 0 Å². The fourth-order valence-electron chi connectivity index (χ4n) is 2.76. The van der Waals surface area contributed by atoms with Crippen molar-refractivity contribution < 1.29 is 14.6 Å². The van der Waals surface area contributed by atoms with Crippen LogP contribution in [-0.4, -0.2) is 36.2 Å². The Hall–Kier alpha value is -2.20. The van der Waals surface area contributed by atoms with Crippen molar-refractivity contribution in [2.45, 2.75) is 19.3 Å². The summed E-state index contributed by atoms with van der Waals surface area (Å²) in [7, 11) is 0. The van der Waals surface area contributed by atoms with Gasteiger partial charge in [-0.2, -0.15) is 0 Å². The second-order valence-corrected chi connectivity index (χ2v) is 5.82. The van der Waals surface area contributed by atoms with Crippen LogP contribution in [0.15, 0.2) is 48.5 Å². The molecule has 0 saturated carbocycles. The number of nitrogens with zero attached hydrogens (tertiary/aromatic N) is 1. The number of rotatable bonds is 6. The van der Waals surface area contributed by atoms with E-state index < -0.39 is 0 Å². The van der Waals surface area contributed by atoms with Crippen molar-refractivity contribution in [2.24, 2.45) is 0 Å². The maximum atomic E-state index is 9.44. The Labute approximate surface area is 137 Å². The number of likely N-dealkylation sites (tertiary alicyclic amines) is 1. The highest BCUT2D eigenvalue weighted by Crippen LogP contribution is 2.26. The largest absolute Gasteiger partial charge is 0.508 e. The van der Waals surface area contributed by atoms with Crippen LogP contribution in [0.2, 0.25) is 0 Å². The Morgan fingerprint density at radius 3 is 2.35 bits per heavy atom. The molecule has 3 rings (SSSR count). The van der Waals surface area contributed by atoms with E-state index in [0.29, 0.717) is 12.4 Å². The van der Waals surface area contributed by atoms with Gasteiger partial charge in [0.1, 0.15) is 29.6 Å². The molecule has 2 aromatic carbocycles. The minimum absolute atomic E-state index is 0.195. The van der Waals surface area contributed by atoms with Gasteiger partial charge in [-0.25, -0.2) is 0 Å². The highest BCUT2D eigenvalue weighted by Gasteiger charge is 2.09. The van der Waals surface area contributed by atoms with Gasteiger partial charge in [-0.1, -0.05) is 12.5 Å². The van der Waals surface area contributed by atoms with Crippen molar-refractivity contribution in [1.82, 2.24) is 4.90 Å². The molecule has 122 valence electrons. The van der Waals surface area contributed by atoms with E-state index in [2.05, 4.69) is 4.90 Å². The van der Waals surface area contributed by atoms with Crippen LogP contribution in [0.25, 0.3) is 0 Å². The van der Waals surface area contributed by atoms with Crippen molar-refractivity contribution in [3.63, 3.8) is 0 Å². The van der Waals surface area contributed by atoms with Gasteiger partial charge < -0.3 is 14.6 Å². The summed E-state index contributed by atoms with van der Waals surface area (Å²) in [5.74, 6) is 2.38. The summed E-state index contributed by atoms with van der Waals surface area (Å²) in [6.45, 7) is 4.09. The van der Waals surface area contributed by atoms with Gasteiger partial charge in [-0.3, -0.25) is 4.90 Å². The summed E-state index contributed by atoms with van der Waals surface area (Å²) in [4.78, 5) is 2.46. The van der Waals surface area contributed by atoms with Crippen molar-refractivity contribution in [2.75, 3.05) is 26.2 Å². The molecule has 1 saturated heterocycles. The third kappa shape index (κ3) is 4.89. The first kappa shape index (κ1) is 15.7. The van der Waals surface area contributed by atoms with E-state index in [1.165, 1.54) is 32.4 Å². The standard InChI is InChI=1S/C19H23NO3/c21-16-5-4-6-19(15-16)23-18-9-7-17(8-10-18)22-14-13-20-11-2-1-3-12-20/h4-10,15,21H,1-3,11-14H2. The van der Waals surface area contributed by atoms with Crippen molar-refractivity contribution in [3.05, 3.63) is 48.5 Å². The van der Waals surface area contributed by atoms with Crippen LogP contribution in [0.5, 0.6) is 23.0 Å². The number of aromatic hydroxyl groups is 1. The number of phenols is 1. The van der Waals surface area contributed by atoms with Crippen LogP contribution < -0.4 is 9.47 Å². The van der Waals surface area contributed by atoms with Crippen molar-refractivity contribution >= 4 is 0 Å². The fourth-order valence-corrected chi connectivity index (χ4v) is 2.76. The Balaban J connectivity index is 1.47. The molecule has 1 fully saturated rings. The van der Waals surface area contributed by atoms with Crippen LogP contribution in [0, 0.1) is 0 Å². The Bertz CT molecular complexity index is 606. The third-order valence-corrected chi connectivity index (χ3v) is 4.00. The molecular formula is C19H23NO3. The van der Waals surface area contributed by atoms with E-state index >= 15 is 0 Å². The quantitative estimate of drug-likeness (QED) is 0.873. The van der Waals surface area contributed by atoms with Crippen LogP contribution >= 0.6 is 0 Å². The minimum Gasteiger partial charge on any atom is -0.508 e. The van der Waals surface area contributed by atoms with E-state index in [0.717, 1.165) is 18.0 Å². The molecule has 0 spiro atoms. The number of hydrogen-bond donors (Lipinski definition) is 1. The molecule has 4 heteroatoms. The predicted molar refractivity (Wildman–Crippen MR) is 90.4 cm³/mol. The van der Waals surface area contributed by atoms with E-state index in [9.17, 15) is 5.11 Å². The molecule has 0 bridgehead atoms. The van der Waals surface area contributed by atoms with Gasteiger partial charge in [0.2, 0.25) is 0 Å². The average molecular weight is 313 g/mol. The number of benzene rings is 2. The molecule has 0 unspecified atom stereocenters. The molecule has 1 N–H and O–H groups in total. The first-order chi connectivity index (χ1) is 11.3. The van der Waals surface area contributed by atoms with Gasteiger partial charge >= 0.3 is 0 Å². The van der Waals surface area contributed by atoms with Crippen molar-refractivity contribution in [3.8, 4) is 23.0 Å². The second kappa shape index (κ2) is 7.88. The molecule has 0 atom stereocenters. The smallest absolute Gasteiger partial charge is 0.131 e. The lowest BCUT2D eigenvalue weighted by Crippen LogP contribution is -2.33. The van der Waals surface area contributed by atoms with E-state index in [-0.39, 0.29) is 5.75 Å². The Morgan fingerprint density at radius 2 is 1.61 bits per heavy atom. The second-order valence-electron chi connectivity index (χ2n) is 5.82. The van der Waals surface area contributed by atoms with Crippen LogP contribution in [-0.2, 0) is 0 Å². The number of ether oxygens (including phenoxy) is 2. The zero-order valence-corrected chi connectivity index (χ0v) is 13.3. The molecule has 4 nitrogen and oxygen atoms in total. The summed E-state index contributed by atoms with van der Waals surface area (Å²) in [5, 5.41) is 9.44.